The number of rotatable bonds is 8. The summed E-state index contributed by atoms with van der Waals surface area (Å²) in [5.74, 6) is -9.36. The Morgan fingerprint density at radius 1 is 0.583 bits per heavy atom. The molecular formula is C32H20F11O2PS2. The van der Waals surface area contributed by atoms with E-state index in [9.17, 15) is 51.9 Å². The summed E-state index contributed by atoms with van der Waals surface area (Å²) in [6.45, 7) is 0. The van der Waals surface area contributed by atoms with E-state index in [1.165, 1.54) is 31.0 Å². The Labute approximate surface area is 274 Å². The molecule has 48 heavy (non-hydrogen) atoms. The van der Waals surface area contributed by atoms with Crippen LogP contribution in [0.3, 0.4) is 0 Å². The van der Waals surface area contributed by atoms with Gasteiger partial charge >= 0.3 is 38.8 Å². The fourth-order valence-corrected chi connectivity index (χ4v) is 5.92. The van der Waals surface area contributed by atoms with Gasteiger partial charge in [0.05, 0.1) is 23.1 Å². The Balaban J connectivity index is 0.000000671. The van der Waals surface area contributed by atoms with Crippen molar-refractivity contribution in [2.45, 2.75) is 19.6 Å². The van der Waals surface area contributed by atoms with Gasteiger partial charge in [-0.05, 0) is 71.8 Å². The monoisotopic (exact) mass is 740 g/mol. The Kier molecular flexibility index (Phi) is 10.3. The molecule has 0 bridgehead atoms. The topological polar surface area (TPSA) is 30.6 Å². The summed E-state index contributed by atoms with van der Waals surface area (Å²) in [4.78, 5) is 11.7. The molecule has 0 saturated heterocycles. The molecule has 16 heteroatoms. The van der Waals surface area contributed by atoms with Crippen molar-refractivity contribution in [3.8, 4) is 16.9 Å². The number of methoxy groups -OCH3 is 1. The number of hydrogen-bond acceptors (Lipinski definition) is 3. The third kappa shape index (κ3) is 10.2. The first-order valence-corrected chi connectivity index (χ1v) is 16.8. The van der Waals surface area contributed by atoms with Gasteiger partial charge in [0.15, 0.2) is 23.3 Å². The molecular weight excluding hydrogens is 720 g/mol. The van der Waals surface area contributed by atoms with Crippen LogP contribution in [-0.2, 0) is 0 Å². The zero-order valence-electron chi connectivity index (χ0n) is 24.0. The SMILES string of the molecule is COc1ccc(Sc2c(F)c(F)c(F)c(F)c2F)c(-c2ccc(Sc3cccc(C(=[OH+])c4ccccc4)c3)cc2)c1.F[P-](F)(F)(F)(F)F. The second-order valence-corrected chi connectivity index (χ2v) is 13.8. The van der Waals surface area contributed by atoms with Crippen molar-refractivity contribution >= 4 is 37.1 Å². The maximum absolute atomic E-state index is 14.4. The zero-order chi connectivity index (χ0) is 35.5. The van der Waals surface area contributed by atoms with Crippen LogP contribution < -0.4 is 4.74 Å². The first kappa shape index (κ1) is 36.8. The van der Waals surface area contributed by atoms with Gasteiger partial charge in [0.1, 0.15) is 5.75 Å². The number of ether oxygens (including phenoxy) is 1. The van der Waals surface area contributed by atoms with E-state index in [-0.39, 0.29) is 10.7 Å². The molecule has 0 unspecified atom stereocenters. The predicted molar refractivity (Wildman–Crippen MR) is 165 cm³/mol. The number of halogens is 11. The molecule has 5 rings (SSSR count). The molecule has 5 aromatic carbocycles. The molecule has 0 saturated carbocycles. The molecule has 0 amide bonds. The molecule has 0 fully saturated rings. The second-order valence-electron chi connectivity index (χ2n) is 9.69. The molecule has 0 aliphatic carbocycles. The van der Waals surface area contributed by atoms with Crippen molar-refractivity contribution < 1.29 is 56.7 Å². The van der Waals surface area contributed by atoms with Crippen LogP contribution in [0.15, 0.2) is 117 Å². The molecule has 0 heterocycles. The van der Waals surface area contributed by atoms with Gasteiger partial charge in [-0.1, -0.05) is 59.9 Å². The third-order valence-electron chi connectivity index (χ3n) is 6.12. The average molecular weight is 741 g/mol. The minimum atomic E-state index is -10.7. The molecule has 0 radical (unpaired) electrons. The van der Waals surface area contributed by atoms with Gasteiger partial charge in [0.25, 0.3) is 0 Å². The number of carbonyl (C=O) groups excluding carboxylic acids is 1. The molecule has 0 aliphatic rings. The van der Waals surface area contributed by atoms with Gasteiger partial charge in [0.2, 0.25) is 5.82 Å². The van der Waals surface area contributed by atoms with E-state index in [0.29, 0.717) is 39.8 Å². The van der Waals surface area contributed by atoms with Crippen LogP contribution in [0, 0.1) is 29.1 Å². The van der Waals surface area contributed by atoms with Crippen LogP contribution in [0.1, 0.15) is 11.1 Å². The Hall–Kier alpha value is -4.07. The van der Waals surface area contributed by atoms with E-state index in [1.54, 1.807) is 18.2 Å². The Bertz CT molecular complexity index is 1930. The van der Waals surface area contributed by atoms with Crippen molar-refractivity contribution in [3.63, 3.8) is 0 Å². The minimum absolute atomic E-state index is 0.167. The van der Waals surface area contributed by atoms with Gasteiger partial charge in [-0.25, -0.2) is 22.0 Å². The van der Waals surface area contributed by atoms with Crippen LogP contribution >= 0.6 is 31.3 Å². The molecule has 5 aromatic rings. The number of ketones is 1. The van der Waals surface area contributed by atoms with Gasteiger partial charge in [0, 0.05) is 14.7 Å². The molecule has 254 valence electrons. The van der Waals surface area contributed by atoms with E-state index < -0.39 is 41.8 Å². The fourth-order valence-electron chi connectivity index (χ4n) is 4.04. The van der Waals surface area contributed by atoms with Crippen molar-refractivity contribution in [1.82, 2.24) is 0 Å². The van der Waals surface area contributed by atoms with Crippen LogP contribution in [0.5, 0.6) is 5.75 Å². The van der Waals surface area contributed by atoms with Gasteiger partial charge in [-0.3, -0.25) is 4.79 Å². The van der Waals surface area contributed by atoms with Crippen LogP contribution in [-0.4, -0.2) is 17.7 Å². The number of benzene rings is 5. The van der Waals surface area contributed by atoms with E-state index in [0.717, 1.165) is 9.79 Å². The normalized spacial score (nSPS) is 12.8. The summed E-state index contributed by atoms with van der Waals surface area (Å²) in [6.07, 6.45) is 0. The Morgan fingerprint density at radius 3 is 1.69 bits per heavy atom. The first-order valence-electron chi connectivity index (χ1n) is 13.2. The van der Waals surface area contributed by atoms with Crippen LogP contribution in [0.25, 0.3) is 11.1 Å². The summed E-state index contributed by atoms with van der Waals surface area (Å²) < 4.78 is 134. The summed E-state index contributed by atoms with van der Waals surface area (Å²) >= 11 is 1.91. The van der Waals surface area contributed by atoms with Gasteiger partial charge < -0.3 is 4.74 Å². The van der Waals surface area contributed by atoms with Crippen LogP contribution in [0.4, 0.5) is 47.1 Å². The van der Waals surface area contributed by atoms with Gasteiger partial charge in [-0.2, -0.15) is 0 Å². The summed E-state index contributed by atoms with van der Waals surface area (Å²) in [5, 5.41) is 0. The van der Waals surface area contributed by atoms with E-state index in [2.05, 4.69) is 0 Å². The van der Waals surface area contributed by atoms with E-state index >= 15 is 0 Å². The zero-order valence-corrected chi connectivity index (χ0v) is 26.5. The first-order chi connectivity index (χ1) is 22.2. The Morgan fingerprint density at radius 2 is 1.12 bits per heavy atom. The fraction of sp³-hybridized carbons (Fsp3) is 0.0312. The third-order valence-corrected chi connectivity index (χ3v) is 8.26. The summed E-state index contributed by atoms with van der Waals surface area (Å²) in [7, 11) is -9.20. The van der Waals surface area contributed by atoms with Crippen molar-refractivity contribution in [2.75, 3.05) is 7.11 Å². The van der Waals surface area contributed by atoms with Crippen molar-refractivity contribution in [1.29, 1.82) is 0 Å². The standard InChI is InChI=1S/C32H19F5O2S2.F6P/c1-39-21-12-15-25(41-32-29(36)27(34)26(33)28(35)30(32)37)24(17-21)18-10-13-22(14-11-18)40-23-9-5-8-20(16-23)31(38)19-6-3-2-4-7-19;1-7(2,3,4,5)6/h2-17H,1H3;/q;-1/p+1. The summed E-state index contributed by atoms with van der Waals surface area (Å²) in [5.41, 5.74) is 2.50. The molecule has 0 spiro atoms. The quantitative estimate of drug-likeness (QED) is 0.0396. The summed E-state index contributed by atoms with van der Waals surface area (Å²) in [6, 6.07) is 28.6. The molecule has 2 nitrogen and oxygen atoms in total. The number of hydrogen-bond donors (Lipinski definition) is 0. The predicted octanol–water partition coefficient (Wildman–Crippen LogP) is 12.7. The molecule has 0 aromatic heterocycles. The van der Waals surface area contributed by atoms with Gasteiger partial charge in [-0.15, -0.1) is 0 Å². The maximum atomic E-state index is 14.4. The molecule has 0 atom stereocenters. The van der Waals surface area contributed by atoms with E-state index in [4.69, 9.17) is 4.74 Å². The molecule has 1 N–H and O–H groups in total. The van der Waals surface area contributed by atoms with Crippen molar-refractivity contribution in [3.05, 3.63) is 137 Å². The molecule has 0 aliphatic heterocycles. The van der Waals surface area contributed by atoms with Crippen molar-refractivity contribution in [2.24, 2.45) is 0 Å². The average Bonchev–Trinajstić information content (AvgIpc) is 3.04. The second kappa shape index (κ2) is 13.4. The van der Waals surface area contributed by atoms with E-state index in [1.807, 2.05) is 66.7 Å². The van der Waals surface area contributed by atoms with Crippen LogP contribution in [0.2, 0.25) is 0 Å².